The molecule has 0 bridgehead atoms. The zero-order valence-corrected chi connectivity index (χ0v) is 13.2. The molecule has 0 aliphatic carbocycles. The summed E-state index contributed by atoms with van der Waals surface area (Å²) in [6.07, 6.45) is 2.02. The van der Waals surface area contributed by atoms with Gasteiger partial charge in [-0.1, -0.05) is 36.4 Å². The summed E-state index contributed by atoms with van der Waals surface area (Å²) in [5.74, 6) is 0. The minimum Gasteiger partial charge on any atom is -0.201 e. The van der Waals surface area contributed by atoms with Gasteiger partial charge in [0.15, 0.2) is 6.20 Å². The minimum atomic E-state index is -2.10. The average molecular weight is 291 g/mol. The lowest BCUT2D eigenvalue weighted by Gasteiger charge is -2.08. The second-order valence-corrected chi connectivity index (χ2v) is 5.76. The highest BCUT2D eigenvalue weighted by Crippen LogP contribution is 2.26. The summed E-state index contributed by atoms with van der Waals surface area (Å²) in [5.41, 5.74) is 6.64. The van der Waals surface area contributed by atoms with E-state index in [0.717, 1.165) is 22.4 Å². The van der Waals surface area contributed by atoms with Crippen LogP contribution in [0.15, 0.2) is 60.8 Å². The number of rotatable bonds is 2. The van der Waals surface area contributed by atoms with E-state index in [2.05, 4.69) is 29.7 Å². The molecule has 1 heterocycles. The van der Waals surface area contributed by atoms with Crippen molar-refractivity contribution in [2.75, 3.05) is 0 Å². The Labute approximate surface area is 137 Å². The molecule has 0 saturated carbocycles. The van der Waals surface area contributed by atoms with Crippen molar-refractivity contribution in [3.63, 3.8) is 0 Å². The van der Waals surface area contributed by atoms with Gasteiger partial charge in [0, 0.05) is 21.8 Å². The largest absolute Gasteiger partial charge is 0.213 e. The number of benzene rings is 2. The van der Waals surface area contributed by atoms with E-state index in [0.29, 0.717) is 5.56 Å². The summed E-state index contributed by atoms with van der Waals surface area (Å²) in [7, 11) is 2.02. The fourth-order valence-corrected chi connectivity index (χ4v) is 2.68. The van der Waals surface area contributed by atoms with Gasteiger partial charge in [0.1, 0.15) is 7.05 Å². The molecule has 0 unspecified atom stereocenters. The first-order chi connectivity index (χ1) is 11.8. The summed E-state index contributed by atoms with van der Waals surface area (Å²) in [4.78, 5) is 0. The molecule has 0 atom stereocenters. The van der Waals surface area contributed by atoms with Crippen LogP contribution in [-0.2, 0) is 7.05 Å². The number of aryl methyl sites for hydroxylation is 4. The lowest BCUT2D eigenvalue weighted by molar-refractivity contribution is -0.660. The van der Waals surface area contributed by atoms with Gasteiger partial charge in [-0.25, -0.2) is 4.57 Å². The number of nitrogens with zero attached hydrogens (tertiary/aromatic N) is 1. The SMILES string of the molecule is [2H]C([2H])([2H])c1cc(-c2cc[n+](C)c(-c3ccccc3C)c2)ccc1C. The third-order valence-corrected chi connectivity index (χ3v) is 4.14. The molecule has 1 aromatic heterocycles. The Balaban J connectivity index is 2.14. The topological polar surface area (TPSA) is 3.88 Å². The maximum Gasteiger partial charge on any atom is 0.213 e. The number of aromatic nitrogens is 1. The second kappa shape index (κ2) is 5.76. The van der Waals surface area contributed by atoms with Gasteiger partial charge in [0.2, 0.25) is 5.69 Å². The molecule has 3 aromatic rings. The van der Waals surface area contributed by atoms with Gasteiger partial charge in [-0.15, -0.1) is 0 Å². The molecule has 3 rings (SSSR count). The van der Waals surface area contributed by atoms with Gasteiger partial charge >= 0.3 is 0 Å². The zero-order valence-electron chi connectivity index (χ0n) is 16.2. The molecule has 0 aliphatic rings. The van der Waals surface area contributed by atoms with Crippen LogP contribution in [0.4, 0.5) is 0 Å². The highest BCUT2D eigenvalue weighted by Gasteiger charge is 2.13. The van der Waals surface area contributed by atoms with E-state index in [1.165, 1.54) is 11.1 Å². The highest BCUT2D eigenvalue weighted by molar-refractivity contribution is 5.70. The van der Waals surface area contributed by atoms with Gasteiger partial charge < -0.3 is 0 Å². The highest BCUT2D eigenvalue weighted by atomic mass is 14.9. The van der Waals surface area contributed by atoms with Crippen molar-refractivity contribution < 1.29 is 8.68 Å². The smallest absolute Gasteiger partial charge is 0.201 e. The molecule has 110 valence electrons. The molecule has 0 spiro atoms. The van der Waals surface area contributed by atoms with Crippen LogP contribution in [-0.4, -0.2) is 0 Å². The Bertz CT molecular complexity index is 927. The van der Waals surface area contributed by atoms with Crippen LogP contribution >= 0.6 is 0 Å². The molecule has 1 nitrogen and oxygen atoms in total. The average Bonchev–Trinajstić information content (AvgIpc) is 2.55. The fraction of sp³-hybridized carbons (Fsp3) is 0.190. The van der Waals surface area contributed by atoms with Crippen molar-refractivity contribution in [2.24, 2.45) is 7.05 Å². The van der Waals surface area contributed by atoms with Gasteiger partial charge in [-0.05, 0) is 54.6 Å². The second-order valence-electron chi connectivity index (χ2n) is 5.76. The van der Waals surface area contributed by atoms with Crippen molar-refractivity contribution in [1.29, 1.82) is 0 Å². The third kappa shape index (κ3) is 2.67. The van der Waals surface area contributed by atoms with Gasteiger partial charge in [-0.3, -0.25) is 0 Å². The Hall–Kier alpha value is -2.41. The molecule has 0 amide bonds. The summed E-state index contributed by atoms with van der Waals surface area (Å²) in [6.45, 7) is 1.84. The quantitative estimate of drug-likeness (QED) is 0.599. The molecule has 22 heavy (non-hydrogen) atoms. The molecule has 0 N–H and O–H groups in total. The monoisotopic (exact) mass is 291 g/mol. The first-order valence-electron chi connectivity index (χ1n) is 8.94. The van der Waals surface area contributed by atoms with Gasteiger partial charge in [0.05, 0.1) is 0 Å². The predicted molar refractivity (Wildman–Crippen MR) is 92.7 cm³/mol. The molecule has 0 fully saturated rings. The maximum atomic E-state index is 7.74. The van der Waals surface area contributed by atoms with E-state index in [9.17, 15) is 0 Å². The van der Waals surface area contributed by atoms with Crippen LogP contribution in [0.5, 0.6) is 0 Å². The predicted octanol–water partition coefficient (Wildman–Crippen LogP) is 4.77. The van der Waals surface area contributed by atoms with E-state index in [1.807, 2.05) is 50.5 Å². The van der Waals surface area contributed by atoms with Crippen molar-refractivity contribution in [1.82, 2.24) is 0 Å². The van der Waals surface area contributed by atoms with Crippen LogP contribution in [0.2, 0.25) is 0 Å². The minimum absolute atomic E-state index is 0.413. The van der Waals surface area contributed by atoms with Gasteiger partial charge in [-0.2, -0.15) is 0 Å². The molecular formula is C21H22N+. The van der Waals surface area contributed by atoms with E-state index < -0.39 is 6.85 Å². The maximum absolute atomic E-state index is 7.74. The van der Waals surface area contributed by atoms with E-state index in [-0.39, 0.29) is 0 Å². The lowest BCUT2D eigenvalue weighted by atomic mass is 9.98. The lowest BCUT2D eigenvalue weighted by Crippen LogP contribution is -2.30. The number of hydrogen-bond donors (Lipinski definition) is 0. The summed E-state index contributed by atoms with van der Waals surface area (Å²) >= 11 is 0. The third-order valence-electron chi connectivity index (χ3n) is 4.14. The Morgan fingerprint density at radius 2 is 1.59 bits per heavy atom. The van der Waals surface area contributed by atoms with E-state index >= 15 is 0 Å². The zero-order chi connectivity index (χ0) is 18.2. The Kier molecular flexibility index (Phi) is 2.93. The molecule has 2 aromatic carbocycles. The van der Waals surface area contributed by atoms with Crippen molar-refractivity contribution in [3.05, 3.63) is 77.5 Å². The van der Waals surface area contributed by atoms with Crippen molar-refractivity contribution in [3.8, 4) is 22.4 Å². The summed E-state index contributed by atoms with van der Waals surface area (Å²) < 4.78 is 25.3. The summed E-state index contributed by atoms with van der Waals surface area (Å²) in [5, 5.41) is 0. The molecule has 1 heteroatoms. The van der Waals surface area contributed by atoms with E-state index in [1.54, 1.807) is 6.07 Å². The first-order valence-corrected chi connectivity index (χ1v) is 7.44. The molecular weight excluding hydrogens is 266 g/mol. The molecule has 0 saturated heterocycles. The van der Waals surface area contributed by atoms with E-state index in [4.69, 9.17) is 4.11 Å². The Morgan fingerprint density at radius 1 is 0.818 bits per heavy atom. The standard InChI is InChI=1S/C21H22N/c1-15-9-10-18(13-17(15)3)19-11-12-22(4)21(14-19)20-8-6-5-7-16(20)2/h5-14H,1-4H3/q+1/i3D3. The Morgan fingerprint density at radius 3 is 2.36 bits per heavy atom. The molecule has 0 radical (unpaired) electrons. The number of pyridine rings is 1. The van der Waals surface area contributed by atoms with Crippen molar-refractivity contribution >= 4 is 0 Å². The normalized spacial score (nSPS) is 13.3. The van der Waals surface area contributed by atoms with Crippen LogP contribution in [0, 0.1) is 20.7 Å². The van der Waals surface area contributed by atoms with Crippen LogP contribution in [0.1, 0.15) is 20.8 Å². The number of hydrogen-bond acceptors (Lipinski definition) is 0. The molecule has 0 aliphatic heterocycles. The summed E-state index contributed by atoms with van der Waals surface area (Å²) in [6, 6.07) is 18.1. The first kappa shape index (κ1) is 11.2. The van der Waals surface area contributed by atoms with Crippen LogP contribution in [0.25, 0.3) is 22.4 Å². The van der Waals surface area contributed by atoms with Crippen LogP contribution in [0.3, 0.4) is 0 Å². The van der Waals surface area contributed by atoms with Crippen molar-refractivity contribution in [2.45, 2.75) is 20.7 Å². The van der Waals surface area contributed by atoms with Gasteiger partial charge in [0.25, 0.3) is 0 Å². The fourth-order valence-electron chi connectivity index (χ4n) is 2.68. The van der Waals surface area contributed by atoms with Crippen LogP contribution < -0.4 is 4.57 Å².